The number of nitrogens with zero attached hydrogens (tertiary/aromatic N) is 1. The van der Waals surface area contributed by atoms with Crippen molar-refractivity contribution in [3.8, 4) is 11.5 Å². The first-order valence-electron chi connectivity index (χ1n) is 8.00. The van der Waals surface area contributed by atoms with Crippen LogP contribution in [0.5, 0.6) is 11.5 Å². The number of nitrogens with one attached hydrogen (secondary N) is 4. The Labute approximate surface area is 156 Å². The molecule has 0 radical (unpaired) electrons. The number of anilines is 1. The Morgan fingerprint density at radius 3 is 2.50 bits per heavy atom. The van der Waals surface area contributed by atoms with E-state index in [1.54, 1.807) is 19.6 Å². The molecule has 0 atom stereocenters. The first kappa shape index (κ1) is 19.5. The lowest BCUT2D eigenvalue weighted by molar-refractivity contribution is 0.0939. The fraction of sp³-hybridized carbons (Fsp3) is 0.353. The van der Waals surface area contributed by atoms with Crippen LogP contribution < -0.4 is 25.4 Å². The van der Waals surface area contributed by atoms with Crippen LogP contribution in [-0.4, -0.2) is 37.1 Å². The zero-order chi connectivity index (χ0) is 19.1. The number of carbonyl (C=O) groups excluding carboxylic acids is 1. The Balaban J connectivity index is 1.96. The lowest BCUT2D eigenvalue weighted by Crippen LogP contribution is -2.31. The third kappa shape index (κ3) is 5.09. The summed E-state index contributed by atoms with van der Waals surface area (Å²) in [6.45, 7) is 4.11. The van der Waals surface area contributed by atoms with E-state index in [1.165, 1.54) is 11.3 Å². The number of hydrogen-bond donors (Lipinski definition) is 4. The highest BCUT2D eigenvalue weighted by Crippen LogP contribution is 2.27. The molecule has 0 fully saturated rings. The van der Waals surface area contributed by atoms with Gasteiger partial charge < -0.3 is 25.4 Å². The Bertz CT molecular complexity index is 753. The van der Waals surface area contributed by atoms with Crippen LogP contribution in [0.2, 0.25) is 0 Å². The summed E-state index contributed by atoms with van der Waals surface area (Å²) in [5.41, 5.74) is 1.13. The van der Waals surface area contributed by atoms with Crippen LogP contribution in [0.4, 0.5) is 5.13 Å². The van der Waals surface area contributed by atoms with Gasteiger partial charge in [-0.15, -0.1) is 11.3 Å². The fourth-order valence-electron chi connectivity index (χ4n) is 2.20. The Morgan fingerprint density at radius 2 is 1.92 bits per heavy atom. The molecule has 0 aliphatic carbocycles. The van der Waals surface area contributed by atoms with Crippen LogP contribution in [0.25, 0.3) is 0 Å². The predicted octanol–water partition coefficient (Wildman–Crippen LogP) is 2.43. The molecule has 0 unspecified atom stereocenters. The van der Waals surface area contributed by atoms with Gasteiger partial charge in [0.15, 0.2) is 11.1 Å². The predicted molar refractivity (Wildman–Crippen MR) is 102 cm³/mol. The fourth-order valence-corrected chi connectivity index (χ4v) is 2.90. The molecule has 0 spiro atoms. The van der Waals surface area contributed by atoms with Gasteiger partial charge >= 0.3 is 0 Å². The molecular weight excluding hydrogens is 354 g/mol. The summed E-state index contributed by atoms with van der Waals surface area (Å²) in [5, 5.41) is 18.7. The molecule has 0 aliphatic rings. The van der Waals surface area contributed by atoms with Gasteiger partial charge in [0, 0.05) is 11.4 Å². The van der Waals surface area contributed by atoms with Crippen molar-refractivity contribution < 1.29 is 14.3 Å². The van der Waals surface area contributed by atoms with Crippen molar-refractivity contribution in [2.24, 2.45) is 0 Å². The number of carbonyl (C=O) groups is 1. The quantitative estimate of drug-likeness (QED) is 0.436. The van der Waals surface area contributed by atoms with E-state index in [2.05, 4.69) is 20.9 Å². The van der Waals surface area contributed by atoms with Gasteiger partial charge in [0.2, 0.25) is 0 Å². The van der Waals surface area contributed by atoms with Gasteiger partial charge in [-0.3, -0.25) is 10.2 Å². The summed E-state index contributed by atoms with van der Waals surface area (Å²) in [6.07, 6.45) is 0. The van der Waals surface area contributed by atoms with Crippen molar-refractivity contribution in [3.63, 3.8) is 0 Å². The minimum atomic E-state index is -0.234. The number of guanidine groups is 1. The maximum atomic E-state index is 11.9. The molecule has 1 heterocycles. The number of rotatable bonds is 7. The number of hydrogen-bond acceptors (Lipinski definition) is 6. The van der Waals surface area contributed by atoms with Crippen molar-refractivity contribution in [1.29, 1.82) is 5.41 Å². The number of benzene rings is 1. The SMILES string of the molecule is COc1cccc(OC)c1CNC(=N)Nc1nc(C(=O)NC(C)C)cs1. The Hall–Kier alpha value is -2.81. The highest BCUT2D eigenvalue weighted by atomic mass is 32.1. The lowest BCUT2D eigenvalue weighted by Gasteiger charge is -2.14. The average Bonchev–Trinajstić information content (AvgIpc) is 3.07. The van der Waals surface area contributed by atoms with Gasteiger partial charge in [-0.05, 0) is 26.0 Å². The third-order valence-corrected chi connectivity index (χ3v) is 4.12. The minimum Gasteiger partial charge on any atom is -0.496 e. The molecule has 2 rings (SSSR count). The summed E-state index contributed by atoms with van der Waals surface area (Å²) in [4.78, 5) is 16.1. The summed E-state index contributed by atoms with van der Waals surface area (Å²) in [7, 11) is 3.17. The Kier molecular flexibility index (Phi) is 6.79. The molecular formula is C17H23N5O3S. The van der Waals surface area contributed by atoms with Gasteiger partial charge in [-0.1, -0.05) is 6.07 Å². The van der Waals surface area contributed by atoms with Gasteiger partial charge in [-0.25, -0.2) is 4.98 Å². The number of amides is 1. The summed E-state index contributed by atoms with van der Waals surface area (Å²) < 4.78 is 10.7. The summed E-state index contributed by atoms with van der Waals surface area (Å²) >= 11 is 1.26. The maximum absolute atomic E-state index is 11.9. The van der Waals surface area contributed by atoms with Gasteiger partial charge in [0.1, 0.15) is 17.2 Å². The van der Waals surface area contributed by atoms with Gasteiger partial charge in [0.05, 0.1) is 26.3 Å². The van der Waals surface area contributed by atoms with Crippen LogP contribution in [0, 0.1) is 5.41 Å². The van der Waals surface area contributed by atoms with E-state index in [9.17, 15) is 4.79 Å². The van der Waals surface area contributed by atoms with E-state index < -0.39 is 0 Å². The van der Waals surface area contributed by atoms with Crippen LogP contribution in [-0.2, 0) is 6.54 Å². The molecule has 2 aromatic rings. The van der Waals surface area contributed by atoms with Gasteiger partial charge in [0.25, 0.3) is 5.91 Å². The molecule has 0 aliphatic heterocycles. The summed E-state index contributed by atoms with van der Waals surface area (Å²) in [5.74, 6) is 1.17. The molecule has 1 aromatic heterocycles. The van der Waals surface area contributed by atoms with Crippen molar-refractivity contribution in [2.45, 2.75) is 26.4 Å². The van der Waals surface area contributed by atoms with Crippen molar-refractivity contribution in [1.82, 2.24) is 15.6 Å². The van der Waals surface area contributed by atoms with E-state index in [4.69, 9.17) is 14.9 Å². The number of aromatic nitrogens is 1. The molecule has 0 saturated carbocycles. The molecule has 26 heavy (non-hydrogen) atoms. The second-order valence-electron chi connectivity index (χ2n) is 5.66. The standard InChI is InChI=1S/C17H23N5O3S/c1-10(2)20-15(23)12-9-26-17(21-12)22-16(18)19-8-11-13(24-3)6-5-7-14(11)25-4/h5-7,9-10H,8H2,1-4H3,(H,20,23)(H3,18,19,21,22). The second kappa shape index (κ2) is 9.04. The van der Waals surface area contributed by atoms with Crippen LogP contribution >= 0.6 is 11.3 Å². The maximum Gasteiger partial charge on any atom is 0.271 e. The molecule has 9 heteroatoms. The minimum absolute atomic E-state index is 0.0383. The van der Waals surface area contributed by atoms with Crippen molar-refractivity contribution in [3.05, 3.63) is 34.8 Å². The topological polar surface area (TPSA) is 108 Å². The number of thiazole rings is 1. The number of methoxy groups -OCH3 is 2. The monoisotopic (exact) mass is 377 g/mol. The smallest absolute Gasteiger partial charge is 0.271 e. The summed E-state index contributed by atoms with van der Waals surface area (Å²) in [6, 6.07) is 5.54. The largest absolute Gasteiger partial charge is 0.496 e. The van der Waals surface area contributed by atoms with Gasteiger partial charge in [-0.2, -0.15) is 0 Å². The average molecular weight is 377 g/mol. The molecule has 4 N–H and O–H groups in total. The van der Waals surface area contributed by atoms with E-state index in [0.717, 1.165) is 5.56 Å². The van der Waals surface area contributed by atoms with E-state index in [1.807, 2.05) is 32.0 Å². The zero-order valence-electron chi connectivity index (χ0n) is 15.2. The van der Waals surface area contributed by atoms with Crippen LogP contribution in [0.15, 0.2) is 23.6 Å². The first-order valence-corrected chi connectivity index (χ1v) is 8.88. The van der Waals surface area contributed by atoms with Crippen LogP contribution in [0.3, 0.4) is 0 Å². The lowest BCUT2D eigenvalue weighted by atomic mass is 10.1. The molecule has 140 valence electrons. The highest BCUT2D eigenvalue weighted by Gasteiger charge is 2.13. The molecule has 1 amide bonds. The normalized spacial score (nSPS) is 10.3. The van der Waals surface area contributed by atoms with E-state index in [-0.39, 0.29) is 17.9 Å². The Morgan fingerprint density at radius 1 is 1.27 bits per heavy atom. The number of ether oxygens (including phenoxy) is 2. The van der Waals surface area contributed by atoms with Crippen LogP contribution in [0.1, 0.15) is 29.9 Å². The zero-order valence-corrected chi connectivity index (χ0v) is 16.0. The molecule has 8 nitrogen and oxygen atoms in total. The van der Waals surface area contributed by atoms with Crippen molar-refractivity contribution >= 4 is 28.3 Å². The first-order chi connectivity index (χ1) is 12.4. The second-order valence-corrected chi connectivity index (χ2v) is 6.52. The van der Waals surface area contributed by atoms with Crippen molar-refractivity contribution in [2.75, 3.05) is 19.5 Å². The third-order valence-electron chi connectivity index (χ3n) is 3.36. The van der Waals surface area contributed by atoms with E-state index in [0.29, 0.717) is 28.9 Å². The molecule has 0 bridgehead atoms. The highest BCUT2D eigenvalue weighted by molar-refractivity contribution is 7.14. The van der Waals surface area contributed by atoms with E-state index >= 15 is 0 Å². The molecule has 1 aromatic carbocycles. The molecule has 0 saturated heterocycles.